The van der Waals surface area contributed by atoms with Crippen LogP contribution in [0.2, 0.25) is 0 Å². The lowest BCUT2D eigenvalue weighted by Crippen LogP contribution is -2.28. The van der Waals surface area contributed by atoms with Gasteiger partial charge in [0.2, 0.25) is 0 Å². The summed E-state index contributed by atoms with van der Waals surface area (Å²) in [6, 6.07) is 4.51. The molecule has 1 aliphatic heterocycles. The van der Waals surface area contributed by atoms with Crippen molar-refractivity contribution < 1.29 is 13.3 Å². The minimum absolute atomic E-state index is 0.214. The molecular formula is C15H23N3O4S. The van der Waals surface area contributed by atoms with Gasteiger partial charge in [0.1, 0.15) is 10.6 Å². The van der Waals surface area contributed by atoms with Crippen LogP contribution in [0.15, 0.2) is 23.1 Å². The second-order valence-electron chi connectivity index (χ2n) is 6.11. The molecule has 1 saturated heterocycles. The van der Waals surface area contributed by atoms with E-state index in [1.807, 2.05) is 4.90 Å². The van der Waals surface area contributed by atoms with E-state index >= 15 is 0 Å². The van der Waals surface area contributed by atoms with Gasteiger partial charge in [-0.05, 0) is 38.1 Å². The Morgan fingerprint density at radius 2 is 2.13 bits per heavy atom. The first-order valence-electron chi connectivity index (χ1n) is 7.65. The normalized spacial score (nSPS) is 18.6. The first-order valence-corrected chi connectivity index (χ1v) is 9.54. The molecule has 1 aromatic carbocycles. The fourth-order valence-electron chi connectivity index (χ4n) is 3.02. The largest absolute Gasteiger partial charge is 0.366 e. The van der Waals surface area contributed by atoms with Gasteiger partial charge in [0, 0.05) is 25.9 Å². The number of sulfone groups is 1. The van der Waals surface area contributed by atoms with Crippen LogP contribution in [0.25, 0.3) is 0 Å². The monoisotopic (exact) mass is 341 g/mol. The Balaban J connectivity index is 2.32. The van der Waals surface area contributed by atoms with Crippen molar-refractivity contribution in [1.29, 1.82) is 0 Å². The van der Waals surface area contributed by atoms with Crippen LogP contribution in [-0.2, 0) is 9.84 Å². The highest BCUT2D eigenvalue weighted by Gasteiger charge is 2.32. The predicted molar refractivity (Wildman–Crippen MR) is 89.7 cm³/mol. The number of nitro benzene ring substituents is 1. The molecular weight excluding hydrogens is 318 g/mol. The first-order chi connectivity index (χ1) is 10.7. The Morgan fingerprint density at radius 1 is 1.43 bits per heavy atom. The maximum Gasteiger partial charge on any atom is 0.311 e. The van der Waals surface area contributed by atoms with Crippen molar-refractivity contribution in [2.45, 2.75) is 18.2 Å². The summed E-state index contributed by atoms with van der Waals surface area (Å²) in [7, 11) is -1.59. The van der Waals surface area contributed by atoms with Gasteiger partial charge < -0.3 is 9.80 Å². The summed E-state index contributed by atoms with van der Waals surface area (Å²) in [5, 5.41) is 11.5. The van der Waals surface area contributed by atoms with Crippen molar-refractivity contribution in [3.05, 3.63) is 28.3 Å². The maximum absolute atomic E-state index is 11.8. The molecule has 1 unspecified atom stereocenters. The second kappa shape index (κ2) is 6.84. The van der Waals surface area contributed by atoms with Crippen molar-refractivity contribution in [2.75, 3.05) is 44.4 Å². The van der Waals surface area contributed by atoms with Crippen LogP contribution in [0, 0.1) is 16.0 Å². The lowest BCUT2D eigenvalue weighted by atomic mass is 10.1. The minimum atomic E-state index is -3.64. The van der Waals surface area contributed by atoms with Crippen molar-refractivity contribution in [2.24, 2.45) is 5.92 Å². The van der Waals surface area contributed by atoms with E-state index in [1.54, 1.807) is 12.1 Å². The number of nitrogens with zero attached hydrogens (tertiary/aromatic N) is 3. The maximum atomic E-state index is 11.8. The summed E-state index contributed by atoms with van der Waals surface area (Å²) in [5.74, 6) is 0.432. The van der Waals surface area contributed by atoms with Crippen molar-refractivity contribution in [3.63, 3.8) is 0 Å². The third kappa shape index (κ3) is 4.00. The van der Waals surface area contributed by atoms with Gasteiger partial charge in [-0.3, -0.25) is 10.1 Å². The summed E-state index contributed by atoms with van der Waals surface area (Å²) in [6.45, 7) is 5.40. The summed E-state index contributed by atoms with van der Waals surface area (Å²) < 4.78 is 23.7. The lowest BCUT2D eigenvalue weighted by Gasteiger charge is -2.21. The molecule has 0 saturated carbocycles. The van der Waals surface area contributed by atoms with Gasteiger partial charge >= 0.3 is 5.69 Å². The van der Waals surface area contributed by atoms with Gasteiger partial charge in [0.25, 0.3) is 0 Å². The number of anilines is 1. The molecule has 8 heteroatoms. The molecule has 0 bridgehead atoms. The van der Waals surface area contributed by atoms with Gasteiger partial charge in [-0.25, -0.2) is 8.42 Å². The fraction of sp³-hybridized carbons (Fsp3) is 0.600. The Bertz CT molecular complexity index is 690. The zero-order valence-corrected chi connectivity index (χ0v) is 14.5. The van der Waals surface area contributed by atoms with E-state index in [2.05, 4.69) is 18.9 Å². The predicted octanol–water partition coefficient (Wildman–Crippen LogP) is 1.78. The van der Waals surface area contributed by atoms with Crippen LogP contribution in [-0.4, -0.2) is 57.7 Å². The molecule has 0 spiro atoms. The molecule has 1 aromatic rings. The molecule has 1 fully saturated rings. The van der Waals surface area contributed by atoms with Gasteiger partial charge in [0.15, 0.2) is 9.84 Å². The van der Waals surface area contributed by atoms with Gasteiger partial charge in [-0.1, -0.05) is 13.0 Å². The zero-order valence-electron chi connectivity index (χ0n) is 13.7. The number of rotatable bonds is 6. The highest BCUT2D eigenvalue weighted by molar-refractivity contribution is 7.90. The summed E-state index contributed by atoms with van der Waals surface area (Å²) in [4.78, 5) is 14.8. The molecule has 0 radical (unpaired) electrons. The summed E-state index contributed by atoms with van der Waals surface area (Å²) in [6.07, 6.45) is 1.95. The van der Waals surface area contributed by atoms with Crippen LogP contribution in [0.5, 0.6) is 0 Å². The molecule has 1 heterocycles. The Kier molecular flexibility index (Phi) is 5.26. The quantitative estimate of drug-likeness (QED) is 0.579. The fourth-order valence-corrected chi connectivity index (χ4v) is 3.88. The first kappa shape index (κ1) is 17.7. The van der Waals surface area contributed by atoms with E-state index in [4.69, 9.17) is 0 Å². The van der Waals surface area contributed by atoms with Crippen molar-refractivity contribution >= 4 is 21.2 Å². The molecule has 0 aromatic heterocycles. The summed E-state index contributed by atoms with van der Waals surface area (Å²) in [5.41, 5.74) is 0.0964. The van der Waals surface area contributed by atoms with Crippen LogP contribution in [0.4, 0.5) is 11.4 Å². The van der Waals surface area contributed by atoms with Crippen LogP contribution in [0.1, 0.15) is 13.3 Å². The number of hydrogen-bond donors (Lipinski definition) is 0. The molecule has 1 aliphatic rings. The number of benzene rings is 1. The average Bonchev–Trinajstić information content (AvgIpc) is 2.93. The number of nitro groups is 1. The molecule has 0 aliphatic carbocycles. The molecule has 1 atom stereocenters. The van der Waals surface area contributed by atoms with E-state index in [0.29, 0.717) is 24.7 Å². The zero-order chi connectivity index (χ0) is 17.2. The third-order valence-electron chi connectivity index (χ3n) is 4.30. The van der Waals surface area contributed by atoms with E-state index < -0.39 is 14.8 Å². The lowest BCUT2D eigenvalue weighted by molar-refractivity contribution is -0.387. The average molecular weight is 341 g/mol. The molecule has 2 rings (SSSR count). The molecule has 23 heavy (non-hydrogen) atoms. The Morgan fingerprint density at radius 3 is 2.70 bits per heavy atom. The number of hydrogen-bond acceptors (Lipinski definition) is 6. The standard InChI is InChI=1S/C15H23N3O4S/c1-4-16(2)10-12-8-9-17(11-12)13-6-5-7-14(23(3,21)22)15(13)18(19)20/h5-7,12H,4,8-11H2,1-3H3. The van der Waals surface area contributed by atoms with E-state index in [1.165, 1.54) is 6.07 Å². The Labute approximate surface area is 137 Å². The smallest absolute Gasteiger partial charge is 0.311 e. The molecule has 0 N–H and O–H groups in total. The minimum Gasteiger partial charge on any atom is -0.366 e. The van der Waals surface area contributed by atoms with E-state index in [-0.39, 0.29) is 10.6 Å². The second-order valence-corrected chi connectivity index (χ2v) is 8.09. The molecule has 0 amide bonds. The molecule has 7 nitrogen and oxygen atoms in total. The molecule has 128 valence electrons. The van der Waals surface area contributed by atoms with Crippen LogP contribution >= 0.6 is 0 Å². The highest BCUT2D eigenvalue weighted by Crippen LogP contribution is 2.37. The van der Waals surface area contributed by atoms with E-state index in [0.717, 1.165) is 25.8 Å². The van der Waals surface area contributed by atoms with Crippen LogP contribution in [0.3, 0.4) is 0 Å². The van der Waals surface area contributed by atoms with Crippen LogP contribution < -0.4 is 4.90 Å². The van der Waals surface area contributed by atoms with Crippen molar-refractivity contribution in [3.8, 4) is 0 Å². The van der Waals surface area contributed by atoms with Gasteiger partial charge in [-0.2, -0.15) is 0 Å². The third-order valence-corrected chi connectivity index (χ3v) is 5.42. The summed E-state index contributed by atoms with van der Waals surface area (Å²) >= 11 is 0. The van der Waals surface area contributed by atoms with Gasteiger partial charge in [0.05, 0.1) is 4.92 Å². The SMILES string of the molecule is CCN(C)CC1CCN(c2cccc(S(C)(=O)=O)c2[N+](=O)[O-])C1. The Hall–Kier alpha value is -1.67. The highest BCUT2D eigenvalue weighted by atomic mass is 32.2. The van der Waals surface area contributed by atoms with Gasteiger partial charge in [-0.15, -0.1) is 0 Å². The van der Waals surface area contributed by atoms with Crippen molar-refractivity contribution in [1.82, 2.24) is 4.90 Å². The van der Waals surface area contributed by atoms with E-state index in [9.17, 15) is 18.5 Å². The number of para-hydroxylation sites is 1. The topological polar surface area (TPSA) is 83.8 Å².